The van der Waals surface area contributed by atoms with Crippen LogP contribution in [0.25, 0.3) is 5.57 Å². The minimum Gasteiger partial charge on any atom is -0.461 e. The quantitative estimate of drug-likeness (QED) is 0.374. The van der Waals surface area contributed by atoms with Gasteiger partial charge in [-0.3, -0.25) is 0 Å². The Morgan fingerprint density at radius 1 is 1.25 bits per heavy atom. The second-order valence-electron chi connectivity index (χ2n) is 5.82. The van der Waals surface area contributed by atoms with Crippen LogP contribution in [0, 0.1) is 0 Å². The Kier molecular flexibility index (Phi) is 5.77. The van der Waals surface area contributed by atoms with Crippen LogP contribution in [-0.4, -0.2) is 23.5 Å². The molecule has 0 spiro atoms. The second-order valence-corrected chi connectivity index (χ2v) is 5.82. The van der Waals surface area contributed by atoms with Gasteiger partial charge in [0.15, 0.2) is 0 Å². The SMILES string of the molecule is C=C(C)C(=O)OC1C=CC(c2ccc(OC(O)C(=C)C)cc2)=CC1. The molecule has 0 amide bonds. The summed E-state index contributed by atoms with van der Waals surface area (Å²) in [7, 11) is 0. The third kappa shape index (κ3) is 4.70. The molecule has 2 unspecified atom stereocenters. The fourth-order valence-corrected chi connectivity index (χ4v) is 2.10. The van der Waals surface area contributed by atoms with E-state index in [1.807, 2.05) is 30.4 Å². The smallest absolute Gasteiger partial charge is 0.333 e. The molecule has 1 N–H and O–H groups in total. The summed E-state index contributed by atoms with van der Waals surface area (Å²) in [6.45, 7) is 10.6. The lowest BCUT2D eigenvalue weighted by molar-refractivity contribution is -0.141. The van der Waals surface area contributed by atoms with Crippen molar-refractivity contribution in [1.29, 1.82) is 0 Å². The Morgan fingerprint density at radius 2 is 1.92 bits per heavy atom. The minimum atomic E-state index is -1.01. The van der Waals surface area contributed by atoms with E-state index >= 15 is 0 Å². The Balaban J connectivity index is 1.97. The molecule has 0 saturated heterocycles. The third-order valence-electron chi connectivity index (χ3n) is 3.52. The number of hydrogen-bond acceptors (Lipinski definition) is 4. The summed E-state index contributed by atoms with van der Waals surface area (Å²) in [5, 5.41) is 9.65. The van der Waals surface area contributed by atoms with Crippen molar-refractivity contribution in [3.63, 3.8) is 0 Å². The van der Waals surface area contributed by atoms with Crippen LogP contribution in [0.3, 0.4) is 0 Å². The number of allylic oxidation sites excluding steroid dienone is 2. The van der Waals surface area contributed by atoms with Gasteiger partial charge in [0.05, 0.1) is 0 Å². The van der Waals surface area contributed by atoms with Gasteiger partial charge in [-0.1, -0.05) is 37.4 Å². The molecule has 2 atom stereocenters. The lowest BCUT2D eigenvalue weighted by Gasteiger charge is -2.18. The van der Waals surface area contributed by atoms with Crippen molar-refractivity contribution >= 4 is 11.5 Å². The fourth-order valence-electron chi connectivity index (χ4n) is 2.10. The first-order chi connectivity index (χ1) is 11.4. The van der Waals surface area contributed by atoms with E-state index in [1.165, 1.54) is 0 Å². The average Bonchev–Trinajstić information content (AvgIpc) is 2.56. The summed E-state index contributed by atoms with van der Waals surface area (Å²) in [6, 6.07) is 7.42. The highest BCUT2D eigenvalue weighted by Gasteiger charge is 2.15. The molecule has 0 fully saturated rings. The second kappa shape index (κ2) is 7.79. The summed E-state index contributed by atoms with van der Waals surface area (Å²) in [5.74, 6) is 0.196. The number of ether oxygens (including phenoxy) is 2. The van der Waals surface area contributed by atoms with Gasteiger partial charge in [0, 0.05) is 12.0 Å². The fraction of sp³-hybridized carbons (Fsp3) is 0.250. The zero-order valence-corrected chi connectivity index (χ0v) is 14.0. The van der Waals surface area contributed by atoms with E-state index in [-0.39, 0.29) is 12.1 Å². The number of benzene rings is 1. The maximum absolute atomic E-state index is 11.5. The van der Waals surface area contributed by atoms with Crippen LogP contribution in [0.15, 0.2) is 66.8 Å². The summed E-state index contributed by atoms with van der Waals surface area (Å²) in [4.78, 5) is 11.5. The van der Waals surface area contributed by atoms with Crippen molar-refractivity contribution in [2.24, 2.45) is 0 Å². The van der Waals surface area contributed by atoms with E-state index < -0.39 is 6.29 Å². The van der Waals surface area contributed by atoms with E-state index in [2.05, 4.69) is 13.2 Å². The minimum absolute atomic E-state index is 0.258. The number of aliphatic hydroxyl groups excluding tert-OH is 1. The highest BCUT2D eigenvalue weighted by Crippen LogP contribution is 2.25. The average molecular weight is 326 g/mol. The van der Waals surface area contributed by atoms with Crippen LogP contribution in [0.1, 0.15) is 25.8 Å². The van der Waals surface area contributed by atoms with Crippen LogP contribution in [0.5, 0.6) is 5.75 Å². The van der Waals surface area contributed by atoms with Gasteiger partial charge >= 0.3 is 5.97 Å². The molecular weight excluding hydrogens is 304 g/mol. The van der Waals surface area contributed by atoms with Crippen LogP contribution in [0.4, 0.5) is 0 Å². The number of hydrogen-bond donors (Lipinski definition) is 1. The van der Waals surface area contributed by atoms with Crippen molar-refractivity contribution < 1.29 is 19.4 Å². The highest BCUT2D eigenvalue weighted by atomic mass is 16.6. The predicted octanol–water partition coefficient (Wildman–Crippen LogP) is 3.79. The molecule has 0 bridgehead atoms. The molecular formula is C20H22O4. The third-order valence-corrected chi connectivity index (χ3v) is 3.52. The van der Waals surface area contributed by atoms with Crippen LogP contribution >= 0.6 is 0 Å². The predicted molar refractivity (Wildman–Crippen MR) is 94.3 cm³/mol. The van der Waals surface area contributed by atoms with Crippen LogP contribution in [-0.2, 0) is 9.53 Å². The summed E-state index contributed by atoms with van der Waals surface area (Å²) < 4.78 is 10.7. The molecule has 0 aromatic heterocycles. The number of carbonyl (C=O) groups excluding carboxylic acids is 1. The van der Waals surface area contributed by atoms with E-state index in [9.17, 15) is 9.90 Å². The first-order valence-electron chi connectivity index (χ1n) is 7.72. The Labute approximate surface area is 142 Å². The van der Waals surface area contributed by atoms with Crippen LogP contribution in [0.2, 0.25) is 0 Å². The van der Waals surface area contributed by atoms with Crippen molar-refractivity contribution in [3.05, 3.63) is 72.4 Å². The summed E-state index contributed by atoms with van der Waals surface area (Å²) >= 11 is 0. The van der Waals surface area contributed by atoms with Crippen molar-refractivity contribution in [1.82, 2.24) is 0 Å². The molecule has 1 aromatic carbocycles. The topological polar surface area (TPSA) is 55.8 Å². The Bertz CT molecular complexity index is 695. The Morgan fingerprint density at radius 3 is 2.42 bits per heavy atom. The molecule has 1 aliphatic carbocycles. The highest BCUT2D eigenvalue weighted by molar-refractivity contribution is 5.87. The molecule has 1 aliphatic rings. The number of esters is 1. The summed E-state index contributed by atoms with van der Waals surface area (Å²) in [5.41, 5.74) is 3.01. The Hall–Kier alpha value is -2.59. The van der Waals surface area contributed by atoms with E-state index in [0.29, 0.717) is 23.3 Å². The van der Waals surface area contributed by atoms with Gasteiger partial charge in [-0.15, -0.1) is 0 Å². The molecule has 4 heteroatoms. The zero-order chi connectivity index (χ0) is 17.7. The number of carbonyl (C=O) groups is 1. The molecule has 4 nitrogen and oxygen atoms in total. The normalized spacial score (nSPS) is 17.6. The molecule has 0 radical (unpaired) electrons. The van der Waals surface area contributed by atoms with E-state index in [1.54, 1.807) is 26.0 Å². The lowest BCUT2D eigenvalue weighted by atomic mass is 9.98. The molecule has 2 rings (SSSR count). The van der Waals surface area contributed by atoms with E-state index in [0.717, 1.165) is 11.1 Å². The standard InChI is InChI=1S/C20H22O4/c1-13(2)19(21)23-17-9-5-15(6-10-17)16-7-11-18(12-8-16)24-20(22)14(3)4/h5-11,18-19,21H,1,3,12H2,2,4H3. The zero-order valence-electron chi connectivity index (χ0n) is 14.0. The van der Waals surface area contributed by atoms with Gasteiger partial charge in [0.2, 0.25) is 6.29 Å². The van der Waals surface area contributed by atoms with Gasteiger partial charge < -0.3 is 14.6 Å². The maximum Gasteiger partial charge on any atom is 0.333 e. The van der Waals surface area contributed by atoms with E-state index in [4.69, 9.17) is 9.47 Å². The van der Waals surface area contributed by atoms with Crippen LogP contribution < -0.4 is 4.74 Å². The largest absolute Gasteiger partial charge is 0.461 e. The summed E-state index contributed by atoms with van der Waals surface area (Å²) in [6.07, 6.45) is 5.18. The van der Waals surface area contributed by atoms with Gasteiger partial charge in [-0.05, 0) is 48.8 Å². The van der Waals surface area contributed by atoms with Gasteiger partial charge in [-0.2, -0.15) is 0 Å². The molecule has 0 saturated carbocycles. The van der Waals surface area contributed by atoms with Crippen molar-refractivity contribution in [3.8, 4) is 5.75 Å². The molecule has 0 aliphatic heterocycles. The van der Waals surface area contributed by atoms with Crippen molar-refractivity contribution in [2.45, 2.75) is 32.7 Å². The molecule has 24 heavy (non-hydrogen) atoms. The number of aliphatic hydroxyl groups is 1. The first kappa shape index (κ1) is 17.8. The number of rotatable bonds is 6. The molecule has 126 valence electrons. The first-order valence-corrected chi connectivity index (χ1v) is 7.72. The monoisotopic (exact) mass is 326 g/mol. The maximum atomic E-state index is 11.5. The molecule has 0 heterocycles. The van der Waals surface area contributed by atoms with Crippen molar-refractivity contribution in [2.75, 3.05) is 0 Å². The lowest BCUT2D eigenvalue weighted by Crippen LogP contribution is -2.17. The van der Waals surface area contributed by atoms with Gasteiger partial charge in [0.1, 0.15) is 11.9 Å². The molecule has 1 aromatic rings. The van der Waals surface area contributed by atoms with Gasteiger partial charge in [0.25, 0.3) is 0 Å². The van der Waals surface area contributed by atoms with Gasteiger partial charge in [-0.25, -0.2) is 4.79 Å².